The molecule has 5 nitrogen and oxygen atoms in total. The van der Waals surface area contributed by atoms with E-state index in [1.807, 2.05) is 12.1 Å². The van der Waals surface area contributed by atoms with Crippen molar-refractivity contribution < 1.29 is 9.53 Å². The molecule has 0 spiro atoms. The van der Waals surface area contributed by atoms with Crippen LogP contribution in [-0.4, -0.2) is 30.1 Å². The monoisotopic (exact) mass is 337 g/mol. The van der Waals surface area contributed by atoms with Crippen LogP contribution in [0.1, 0.15) is 23.3 Å². The van der Waals surface area contributed by atoms with Crippen molar-refractivity contribution in [3.05, 3.63) is 40.4 Å². The van der Waals surface area contributed by atoms with Gasteiger partial charge >= 0.3 is 0 Å². The molecule has 0 saturated carbocycles. The molecule has 1 amide bonds. The van der Waals surface area contributed by atoms with Gasteiger partial charge in [0.25, 0.3) is 5.91 Å². The Morgan fingerprint density at radius 2 is 2.41 bits per heavy atom. The van der Waals surface area contributed by atoms with E-state index in [4.69, 9.17) is 16.3 Å². The van der Waals surface area contributed by atoms with Gasteiger partial charge in [0.15, 0.2) is 5.13 Å². The van der Waals surface area contributed by atoms with Crippen LogP contribution in [0.4, 0.5) is 10.8 Å². The summed E-state index contributed by atoms with van der Waals surface area (Å²) < 4.78 is 5.48. The van der Waals surface area contributed by atoms with E-state index >= 15 is 0 Å². The third-order valence-electron chi connectivity index (χ3n) is 3.33. The molecule has 1 aliphatic rings. The highest BCUT2D eigenvalue weighted by molar-refractivity contribution is 7.14. The molecular weight excluding hydrogens is 322 g/mol. The highest BCUT2D eigenvalue weighted by Gasteiger charge is 2.17. The number of ether oxygens (including phenoxy) is 1. The van der Waals surface area contributed by atoms with E-state index in [0.29, 0.717) is 22.4 Å². The van der Waals surface area contributed by atoms with Crippen LogP contribution in [0.15, 0.2) is 29.6 Å². The standard InChI is InChI=1S/C15H16ClN3O2S/c16-10-3-1-4-11(7-10)18-15-19-13(9-22-15)14(20)17-8-12-5-2-6-21-12/h1,3-4,7,9,12H,2,5-6,8H2,(H,17,20)(H,18,19). The second-order valence-electron chi connectivity index (χ2n) is 5.02. The lowest BCUT2D eigenvalue weighted by Gasteiger charge is -2.09. The number of carbonyl (C=O) groups is 1. The summed E-state index contributed by atoms with van der Waals surface area (Å²) in [6, 6.07) is 7.36. The average Bonchev–Trinajstić information content (AvgIpc) is 3.16. The van der Waals surface area contributed by atoms with Gasteiger partial charge in [-0.15, -0.1) is 11.3 Å². The number of halogens is 1. The highest BCUT2D eigenvalue weighted by atomic mass is 35.5. The minimum Gasteiger partial charge on any atom is -0.376 e. The van der Waals surface area contributed by atoms with Crippen LogP contribution in [0.25, 0.3) is 0 Å². The Balaban J connectivity index is 1.57. The van der Waals surface area contributed by atoms with Crippen molar-refractivity contribution in [3.63, 3.8) is 0 Å². The summed E-state index contributed by atoms with van der Waals surface area (Å²) in [7, 11) is 0. The third-order valence-corrected chi connectivity index (χ3v) is 4.32. The van der Waals surface area contributed by atoms with Gasteiger partial charge in [0.05, 0.1) is 6.10 Å². The maximum absolute atomic E-state index is 12.0. The summed E-state index contributed by atoms with van der Waals surface area (Å²) in [4.78, 5) is 16.3. The first-order chi connectivity index (χ1) is 10.7. The third kappa shape index (κ3) is 3.97. The fourth-order valence-electron chi connectivity index (χ4n) is 2.23. The van der Waals surface area contributed by atoms with Gasteiger partial charge in [0, 0.05) is 29.2 Å². The molecule has 1 aromatic heterocycles. The van der Waals surface area contributed by atoms with Gasteiger partial charge in [-0.25, -0.2) is 4.98 Å². The first kappa shape index (κ1) is 15.3. The van der Waals surface area contributed by atoms with Crippen LogP contribution in [0, 0.1) is 0 Å². The number of aromatic nitrogens is 1. The molecule has 0 aliphatic carbocycles. The van der Waals surface area contributed by atoms with Crippen LogP contribution in [0.3, 0.4) is 0 Å². The van der Waals surface area contributed by atoms with Crippen LogP contribution in [-0.2, 0) is 4.74 Å². The number of thiazole rings is 1. The first-order valence-electron chi connectivity index (χ1n) is 7.08. The number of nitrogens with one attached hydrogen (secondary N) is 2. The maximum Gasteiger partial charge on any atom is 0.270 e. The molecule has 22 heavy (non-hydrogen) atoms. The summed E-state index contributed by atoms with van der Waals surface area (Å²) in [5.41, 5.74) is 1.25. The van der Waals surface area contributed by atoms with Gasteiger partial charge in [-0.2, -0.15) is 0 Å². The van der Waals surface area contributed by atoms with E-state index in [1.165, 1.54) is 11.3 Å². The normalized spacial score (nSPS) is 17.4. The average molecular weight is 338 g/mol. The van der Waals surface area contributed by atoms with Gasteiger partial charge in [0.2, 0.25) is 0 Å². The summed E-state index contributed by atoms with van der Waals surface area (Å²) in [6.45, 7) is 1.32. The SMILES string of the molecule is O=C(NCC1CCCO1)c1csc(Nc2cccc(Cl)c2)n1. The Labute approximate surface area is 137 Å². The molecule has 1 atom stereocenters. The largest absolute Gasteiger partial charge is 0.376 e. The maximum atomic E-state index is 12.0. The second-order valence-corrected chi connectivity index (χ2v) is 6.31. The fraction of sp³-hybridized carbons (Fsp3) is 0.333. The molecule has 1 aromatic carbocycles. The molecule has 116 valence electrons. The summed E-state index contributed by atoms with van der Waals surface area (Å²) >= 11 is 7.32. The van der Waals surface area contributed by atoms with Gasteiger partial charge < -0.3 is 15.4 Å². The molecule has 1 saturated heterocycles. The van der Waals surface area contributed by atoms with E-state index < -0.39 is 0 Å². The molecule has 2 heterocycles. The molecule has 3 rings (SSSR count). The first-order valence-corrected chi connectivity index (χ1v) is 8.34. The Kier molecular flexibility index (Phi) is 4.92. The molecule has 7 heteroatoms. The Morgan fingerprint density at radius 3 is 3.18 bits per heavy atom. The quantitative estimate of drug-likeness (QED) is 0.877. The van der Waals surface area contributed by atoms with Crippen LogP contribution < -0.4 is 10.6 Å². The molecule has 1 unspecified atom stereocenters. The van der Waals surface area contributed by atoms with Gasteiger partial charge in [0.1, 0.15) is 5.69 Å². The lowest BCUT2D eigenvalue weighted by molar-refractivity contribution is 0.0854. The molecule has 2 aromatic rings. The lowest BCUT2D eigenvalue weighted by atomic mass is 10.2. The zero-order valence-corrected chi connectivity index (χ0v) is 13.4. The topological polar surface area (TPSA) is 63.2 Å². The summed E-state index contributed by atoms with van der Waals surface area (Å²) in [5.74, 6) is -0.175. The smallest absolute Gasteiger partial charge is 0.270 e. The van der Waals surface area contributed by atoms with Gasteiger partial charge in [-0.3, -0.25) is 4.79 Å². The number of nitrogens with zero attached hydrogens (tertiary/aromatic N) is 1. The van der Waals surface area contributed by atoms with Crippen LogP contribution >= 0.6 is 22.9 Å². The lowest BCUT2D eigenvalue weighted by Crippen LogP contribution is -2.31. The minimum atomic E-state index is -0.175. The van der Waals surface area contributed by atoms with E-state index in [-0.39, 0.29) is 12.0 Å². The fourth-order valence-corrected chi connectivity index (χ4v) is 3.13. The van der Waals surface area contributed by atoms with E-state index in [0.717, 1.165) is 25.1 Å². The minimum absolute atomic E-state index is 0.131. The number of anilines is 2. The molecule has 0 bridgehead atoms. The van der Waals surface area contributed by atoms with Crippen LogP contribution in [0.5, 0.6) is 0 Å². The second kappa shape index (κ2) is 7.09. The number of rotatable bonds is 5. The van der Waals surface area contributed by atoms with Gasteiger partial charge in [-0.1, -0.05) is 17.7 Å². The number of carbonyl (C=O) groups excluding carboxylic acids is 1. The van der Waals surface area contributed by atoms with Crippen molar-refractivity contribution in [1.29, 1.82) is 0 Å². The number of amides is 1. The van der Waals surface area contributed by atoms with E-state index in [9.17, 15) is 4.79 Å². The van der Waals surface area contributed by atoms with Gasteiger partial charge in [-0.05, 0) is 31.0 Å². The molecular formula is C15H16ClN3O2S. The van der Waals surface area contributed by atoms with Crippen molar-refractivity contribution in [2.24, 2.45) is 0 Å². The van der Waals surface area contributed by atoms with Crippen molar-refractivity contribution in [2.45, 2.75) is 18.9 Å². The summed E-state index contributed by atoms with van der Waals surface area (Å²) in [6.07, 6.45) is 2.19. The highest BCUT2D eigenvalue weighted by Crippen LogP contribution is 2.23. The molecule has 1 aliphatic heterocycles. The van der Waals surface area contributed by atoms with Crippen LogP contribution in [0.2, 0.25) is 5.02 Å². The predicted molar refractivity (Wildman–Crippen MR) is 88.2 cm³/mol. The molecule has 1 fully saturated rings. The zero-order valence-electron chi connectivity index (χ0n) is 11.8. The molecule has 0 radical (unpaired) electrons. The Hall–Kier alpha value is -1.63. The Bertz CT molecular complexity index is 656. The van der Waals surface area contributed by atoms with Crippen molar-refractivity contribution in [3.8, 4) is 0 Å². The van der Waals surface area contributed by atoms with Crippen molar-refractivity contribution >= 4 is 39.7 Å². The molecule has 2 N–H and O–H groups in total. The van der Waals surface area contributed by atoms with Crippen molar-refractivity contribution in [2.75, 3.05) is 18.5 Å². The predicted octanol–water partition coefficient (Wildman–Crippen LogP) is 3.45. The number of hydrogen-bond donors (Lipinski definition) is 2. The number of benzene rings is 1. The number of hydrogen-bond acceptors (Lipinski definition) is 5. The zero-order chi connectivity index (χ0) is 15.4. The Morgan fingerprint density at radius 1 is 1.50 bits per heavy atom. The van der Waals surface area contributed by atoms with Crippen molar-refractivity contribution in [1.82, 2.24) is 10.3 Å². The summed E-state index contributed by atoms with van der Waals surface area (Å²) in [5, 5.41) is 9.03. The van der Waals surface area contributed by atoms with E-state index in [1.54, 1.807) is 17.5 Å². The van der Waals surface area contributed by atoms with E-state index in [2.05, 4.69) is 15.6 Å².